The van der Waals surface area contributed by atoms with Gasteiger partial charge in [-0.3, -0.25) is 9.36 Å². The highest BCUT2D eigenvalue weighted by atomic mass is 31.2. The number of phosphoric ester groups is 1. The summed E-state index contributed by atoms with van der Waals surface area (Å²) in [5.74, 6) is -0.203. The SMILES string of the molecule is CCCCCCCCCCCCCCCCCCCCCCC/C=C/CC/C=C/C(O)C(COP(=O)([O-])OCC[N+](C)(C)C)NC(=O)CCCCCCCCCCCCCCCCCC. The zero-order valence-corrected chi connectivity index (χ0v) is 44.9. The first-order valence-corrected chi connectivity index (χ1v) is 29.7. The van der Waals surface area contributed by atoms with Crippen molar-refractivity contribution in [1.82, 2.24) is 5.32 Å². The van der Waals surface area contributed by atoms with Gasteiger partial charge in [0.2, 0.25) is 5.91 Å². The molecule has 0 radical (unpaired) electrons. The van der Waals surface area contributed by atoms with Crippen LogP contribution in [0.2, 0.25) is 0 Å². The summed E-state index contributed by atoms with van der Waals surface area (Å²) in [4.78, 5) is 25.4. The van der Waals surface area contributed by atoms with Crippen molar-refractivity contribution in [2.24, 2.45) is 0 Å². The number of hydrogen-bond donors (Lipinski definition) is 2. The number of hydrogen-bond acceptors (Lipinski definition) is 6. The Balaban J connectivity index is 4.21. The molecule has 0 heterocycles. The van der Waals surface area contributed by atoms with Crippen LogP contribution in [0.1, 0.15) is 277 Å². The van der Waals surface area contributed by atoms with Crippen LogP contribution in [-0.4, -0.2) is 68.5 Å². The molecule has 1 amide bonds. The lowest BCUT2D eigenvalue weighted by atomic mass is 10.0. The van der Waals surface area contributed by atoms with Crippen LogP contribution in [0.25, 0.3) is 0 Å². The van der Waals surface area contributed by atoms with E-state index in [0.29, 0.717) is 17.4 Å². The van der Waals surface area contributed by atoms with E-state index >= 15 is 0 Å². The minimum absolute atomic E-state index is 0.00383. The number of quaternary nitrogens is 1. The lowest BCUT2D eigenvalue weighted by Gasteiger charge is -2.29. The maximum absolute atomic E-state index is 12.9. The first kappa shape index (κ1) is 64.0. The van der Waals surface area contributed by atoms with Gasteiger partial charge in [-0.25, -0.2) is 0 Å². The van der Waals surface area contributed by atoms with E-state index in [1.165, 1.54) is 218 Å². The second-order valence-electron chi connectivity index (χ2n) is 20.6. The van der Waals surface area contributed by atoms with Crippen molar-refractivity contribution in [3.63, 3.8) is 0 Å². The number of likely N-dealkylation sites (N-methyl/N-ethyl adjacent to an activating group) is 1. The molecule has 3 unspecified atom stereocenters. The number of unbranched alkanes of at least 4 members (excludes halogenated alkanes) is 37. The minimum atomic E-state index is -4.60. The summed E-state index contributed by atoms with van der Waals surface area (Å²) in [7, 11) is 1.26. The maximum atomic E-state index is 12.9. The van der Waals surface area contributed by atoms with Crippen LogP contribution in [0.3, 0.4) is 0 Å². The molecule has 0 bridgehead atoms. The van der Waals surface area contributed by atoms with Crippen molar-refractivity contribution in [1.29, 1.82) is 0 Å². The fraction of sp³-hybridized carbons (Fsp3) is 0.911. The molecule has 386 valence electrons. The third-order valence-electron chi connectivity index (χ3n) is 12.9. The molecule has 0 fully saturated rings. The number of amides is 1. The first-order chi connectivity index (χ1) is 31.5. The Hall–Kier alpha value is -1.02. The van der Waals surface area contributed by atoms with Gasteiger partial charge in [0.05, 0.1) is 39.9 Å². The molecule has 0 aliphatic rings. The molecule has 2 N–H and O–H groups in total. The van der Waals surface area contributed by atoms with Crippen molar-refractivity contribution in [2.45, 2.75) is 289 Å². The molecular weight excluding hydrogens is 828 g/mol. The van der Waals surface area contributed by atoms with Crippen LogP contribution in [-0.2, 0) is 18.4 Å². The average molecular weight is 939 g/mol. The molecule has 65 heavy (non-hydrogen) atoms. The van der Waals surface area contributed by atoms with Gasteiger partial charge < -0.3 is 28.8 Å². The Morgan fingerprint density at radius 1 is 0.523 bits per heavy atom. The van der Waals surface area contributed by atoms with Crippen LogP contribution >= 0.6 is 7.82 Å². The third kappa shape index (κ3) is 50.7. The van der Waals surface area contributed by atoms with E-state index in [2.05, 4.69) is 31.3 Å². The largest absolute Gasteiger partial charge is 0.756 e. The number of carbonyl (C=O) groups is 1. The van der Waals surface area contributed by atoms with Crippen LogP contribution in [0.5, 0.6) is 0 Å². The number of phosphoric acid groups is 1. The number of carbonyl (C=O) groups excluding carboxylic acids is 1. The third-order valence-corrected chi connectivity index (χ3v) is 13.9. The van der Waals surface area contributed by atoms with Crippen molar-refractivity contribution in [3.05, 3.63) is 24.3 Å². The van der Waals surface area contributed by atoms with Gasteiger partial charge in [-0.05, 0) is 32.1 Å². The van der Waals surface area contributed by atoms with Crippen LogP contribution < -0.4 is 10.2 Å². The molecule has 0 aromatic carbocycles. The molecule has 0 aromatic heterocycles. The number of aliphatic hydroxyl groups is 1. The molecule has 0 aliphatic carbocycles. The molecule has 9 heteroatoms. The smallest absolute Gasteiger partial charge is 0.268 e. The molecule has 0 saturated heterocycles. The Labute approximate surface area is 404 Å². The Morgan fingerprint density at radius 2 is 0.862 bits per heavy atom. The van der Waals surface area contributed by atoms with E-state index in [0.717, 1.165) is 38.5 Å². The number of aliphatic hydroxyl groups excluding tert-OH is 1. The molecule has 0 aromatic rings. The maximum Gasteiger partial charge on any atom is 0.268 e. The predicted octanol–water partition coefficient (Wildman–Crippen LogP) is 16.2. The average Bonchev–Trinajstić information content (AvgIpc) is 3.26. The fourth-order valence-corrected chi connectivity index (χ4v) is 9.19. The molecule has 0 aliphatic heterocycles. The topological polar surface area (TPSA) is 108 Å². The Kier molecular flexibility index (Phi) is 47.3. The van der Waals surface area contributed by atoms with E-state index < -0.39 is 20.0 Å². The summed E-state index contributed by atoms with van der Waals surface area (Å²) in [5.41, 5.74) is 0. The van der Waals surface area contributed by atoms with Crippen molar-refractivity contribution >= 4 is 13.7 Å². The van der Waals surface area contributed by atoms with Gasteiger partial charge in [0, 0.05) is 6.42 Å². The van der Waals surface area contributed by atoms with E-state index in [1.54, 1.807) is 6.08 Å². The van der Waals surface area contributed by atoms with Crippen molar-refractivity contribution in [2.75, 3.05) is 40.9 Å². The number of nitrogens with zero attached hydrogens (tertiary/aromatic N) is 1. The number of nitrogens with one attached hydrogen (secondary N) is 1. The van der Waals surface area contributed by atoms with Crippen LogP contribution in [0.4, 0.5) is 0 Å². The van der Waals surface area contributed by atoms with Crippen LogP contribution in [0.15, 0.2) is 24.3 Å². The standard InChI is InChI=1S/C56H111N2O6P/c1-6-8-10-12-14-16-18-20-22-24-25-26-27-28-29-30-31-32-33-34-35-37-39-41-43-45-47-49-55(59)54(53-64-65(61,62)63-52-51-58(3,4)5)57-56(60)50-48-46-44-42-40-38-36-23-21-19-17-15-13-11-9-7-2/h39,41,47,49,54-55,59H,6-38,40,42-46,48,50-53H2,1-5H3,(H-,57,60,61,62)/b41-39+,49-47+. The lowest BCUT2D eigenvalue weighted by Crippen LogP contribution is -2.45. The summed E-state index contributed by atoms with van der Waals surface area (Å²) in [6.07, 6.45) is 59.7. The summed E-state index contributed by atoms with van der Waals surface area (Å²) < 4.78 is 23.3. The van der Waals surface area contributed by atoms with Gasteiger partial charge in [0.15, 0.2) is 0 Å². The zero-order valence-electron chi connectivity index (χ0n) is 44.0. The monoisotopic (exact) mass is 939 g/mol. The van der Waals surface area contributed by atoms with Gasteiger partial charge in [-0.1, -0.05) is 263 Å². The van der Waals surface area contributed by atoms with Crippen molar-refractivity contribution < 1.29 is 32.9 Å². The quantitative estimate of drug-likeness (QED) is 0.0272. The highest BCUT2D eigenvalue weighted by Crippen LogP contribution is 2.38. The van der Waals surface area contributed by atoms with E-state index in [9.17, 15) is 19.4 Å². The summed E-state index contributed by atoms with van der Waals surface area (Å²) in [6.45, 7) is 4.67. The Bertz CT molecular complexity index is 1110. The van der Waals surface area contributed by atoms with Gasteiger partial charge >= 0.3 is 0 Å². The minimum Gasteiger partial charge on any atom is -0.756 e. The number of allylic oxidation sites excluding steroid dienone is 3. The molecular formula is C56H111N2O6P. The van der Waals surface area contributed by atoms with E-state index in [-0.39, 0.29) is 19.1 Å². The zero-order chi connectivity index (χ0) is 47.8. The summed E-state index contributed by atoms with van der Waals surface area (Å²) in [5, 5.41) is 13.9. The van der Waals surface area contributed by atoms with Crippen LogP contribution in [0, 0.1) is 0 Å². The number of rotatable bonds is 52. The Morgan fingerprint density at radius 3 is 1.25 bits per heavy atom. The second kappa shape index (κ2) is 48.0. The molecule has 0 rings (SSSR count). The summed E-state index contributed by atoms with van der Waals surface area (Å²) >= 11 is 0. The normalized spacial score (nSPS) is 14.1. The molecule has 0 spiro atoms. The highest BCUT2D eigenvalue weighted by Gasteiger charge is 2.23. The van der Waals surface area contributed by atoms with Gasteiger partial charge in [0.1, 0.15) is 13.2 Å². The van der Waals surface area contributed by atoms with Crippen molar-refractivity contribution in [3.8, 4) is 0 Å². The molecule has 0 saturated carbocycles. The van der Waals surface area contributed by atoms with Gasteiger partial charge in [-0.2, -0.15) is 0 Å². The predicted molar refractivity (Wildman–Crippen MR) is 279 cm³/mol. The fourth-order valence-electron chi connectivity index (χ4n) is 8.47. The highest BCUT2D eigenvalue weighted by molar-refractivity contribution is 7.45. The lowest BCUT2D eigenvalue weighted by molar-refractivity contribution is -0.870. The van der Waals surface area contributed by atoms with E-state index in [4.69, 9.17) is 9.05 Å². The van der Waals surface area contributed by atoms with Gasteiger partial charge in [0.25, 0.3) is 7.82 Å². The molecule has 3 atom stereocenters. The summed E-state index contributed by atoms with van der Waals surface area (Å²) in [6, 6.07) is -0.899. The second-order valence-corrected chi connectivity index (χ2v) is 22.1. The van der Waals surface area contributed by atoms with E-state index in [1.807, 2.05) is 27.2 Å². The molecule has 8 nitrogen and oxygen atoms in total. The van der Waals surface area contributed by atoms with Gasteiger partial charge in [-0.15, -0.1) is 0 Å². The first-order valence-electron chi connectivity index (χ1n) is 28.2.